The van der Waals surface area contributed by atoms with E-state index >= 15 is 0 Å². The largest absolute Gasteiger partial charge is 0.494 e. The van der Waals surface area contributed by atoms with Crippen molar-refractivity contribution >= 4 is 17.2 Å². The second kappa shape index (κ2) is 12.0. The minimum Gasteiger partial charge on any atom is -0.494 e. The van der Waals surface area contributed by atoms with Crippen LogP contribution >= 0.6 is 11.6 Å². The van der Waals surface area contributed by atoms with Crippen LogP contribution in [0, 0.1) is 23.7 Å². The van der Waals surface area contributed by atoms with Crippen molar-refractivity contribution in [3.63, 3.8) is 0 Å². The Hall–Kier alpha value is -1.77. The molecule has 2 aromatic rings. The Morgan fingerprint density at radius 1 is 0.703 bits per heavy atom. The van der Waals surface area contributed by atoms with Gasteiger partial charge in [0.15, 0.2) is 0 Å². The maximum atomic E-state index is 6.28. The highest BCUT2D eigenvalue weighted by Crippen LogP contribution is 2.58. The van der Waals surface area contributed by atoms with E-state index in [0.717, 1.165) is 47.5 Å². The van der Waals surface area contributed by atoms with Crippen LogP contribution < -0.4 is 4.74 Å². The van der Waals surface area contributed by atoms with E-state index in [1.54, 1.807) is 5.57 Å². The average Bonchev–Trinajstić information content (AvgIpc) is 2.92. The van der Waals surface area contributed by atoms with Crippen molar-refractivity contribution in [3.8, 4) is 5.75 Å². The number of benzene rings is 2. The molecule has 2 aromatic carbocycles. The van der Waals surface area contributed by atoms with Gasteiger partial charge >= 0.3 is 0 Å². The predicted octanol–water partition coefficient (Wildman–Crippen LogP) is 9.02. The number of unbranched alkanes of at least 4 members (excludes halogenated alkanes) is 3. The van der Waals surface area contributed by atoms with Crippen molar-refractivity contribution in [2.75, 3.05) is 26.2 Å². The fourth-order valence-corrected chi connectivity index (χ4v) is 8.22. The van der Waals surface area contributed by atoms with Crippen LogP contribution in [0.2, 0.25) is 5.02 Å². The van der Waals surface area contributed by atoms with Gasteiger partial charge in [-0.15, -0.1) is 0 Å². The summed E-state index contributed by atoms with van der Waals surface area (Å²) in [6.45, 7) is 4.74. The lowest BCUT2D eigenvalue weighted by molar-refractivity contribution is 0.0705. The zero-order valence-corrected chi connectivity index (χ0v) is 23.2. The molecule has 4 aliphatic carbocycles. The average molecular weight is 518 g/mol. The Morgan fingerprint density at radius 3 is 1.95 bits per heavy atom. The highest BCUT2D eigenvalue weighted by Gasteiger charge is 2.46. The van der Waals surface area contributed by atoms with Gasteiger partial charge in [-0.2, -0.15) is 0 Å². The molecule has 0 N–H and O–H groups in total. The summed E-state index contributed by atoms with van der Waals surface area (Å²) in [5.74, 6) is 4.49. The highest BCUT2D eigenvalue weighted by atomic mass is 35.5. The maximum absolute atomic E-state index is 6.28. The lowest BCUT2D eigenvalue weighted by Gasteiger charge is -2.52. The Balaban J connectivity index is 1.08. The first kappa shape index (κ1) is 25.5. The monoisotopic (exact) mass is 517 g/mol. The molecule has 0 spiro atoms. The van der Waals surface area contributed by atoms with Gasteiger partial charge in [0, 0.05) is 5.02 Å². The lowest BCUT2D eigenvalue weighted by atomic mass is 9.53. The summed E-state index contributed by atoms with van der Waals surface area (Å²) in [5, 5.41) is 0.813. The van der Waals surface area contributed by atoms with Crippen LogP contribution in [0.25, 0.3) is 5.57 Å². The smallest absolute Gasteiger partial charge is 0.119 e. The number of ether oxygens (including phenoxy) is 1. The third-order valence-electron chi connectivity index (χ3n) is 9.67. The van der Waals surface area contributed by atoms with Gasteiger partial charge < -0.3 is 9.64 Å². The Morgan fingerprint density at radius 2 is 1.30 bits per heavy atom. The molecule has 198 valence electrons. The Kier molecular flexibility index (Phi) is 8.24. The second-order valence-electron chi connectivity index (χ2n) is 12.3. The molecule has 4 saturated carbocycles. The number of allylic oxidation sites excluding steroid dienone is 1. The number of hydrogen-bond donors (Lipinski definition) is 0. The van der Waals surface area contributed by atoms with Gasteiger partial charge in [0.2, 0.25) is 0 Å². The van der Waals surface area contributed by atoms with Crippen LogP contribution in [-0.2, 0) is 0 Å². The lowest BCUT2D eigenvalue weighted by Crippen LogP contribution is -2.40. The van der Waals surface area contributed by atoms with Gasteiger partial charge in [0.05, 0.1) is 6.61 Å². The third-order valence-corrected chi connectivity index (χ3v) is 9.92. The maximum Gasteiger partial charge on any atom is 0.119 e. The van der Waals surface area contributed by atoms with Crippen molar-refractivity contribution in [1.29, 1.82) is 0 Å². The molecule has 1 saturated heterocycles. The molecule has 0 amide bonds. The van der Waals surface area contributed by atoms with Gasteiger partial charge in [-0.25, -0.2) is 0 Å². The minimum absolute atomic E-state index is 0.771. The highest BCUT2D eigenvalue weighted by molar-refractivity contribution is 6.30. The summed E-state index contributed by atoms with van der Waals surface area (Å²) in [5.41, 5.74) is 5.89. The number of halogens is 1. The van der Waals surface area contributed by atoms with Crippen LogP contribution in [0.3, 0.4) is 0 Å². The van der Waals surface area contributed by atoms with E-state index < -0.39 is 0 Å². The molecule has 4 bridgehead atoms. The third kappa shape index (κ3) is 6.12. The van der Waals surface area contributed by atoms with Crippen LogP contribution in [0.5, 0.6) is 5.75 Å². The predicted molar refractivity (Wildman–Crippen MR) is 155 cm³/mol. The molecule has 0 unspecified atom stereocenters. The summed E-state index contributed by atoms with van der Waals surface area (Å²) in [7, 11) is 0. The van der Waals surface area contributed by atoms with Crippen molar-refractivity contribution < 1.29 is 4.74 Å². The van der Waals surface area contributed by atoms with Crippen molar-refractivity contribution in [2.45, 2.75) is 77.0 Å². The molecule has 2 nitrogen and oxygen atoms in total. The number of likely N-dealkylation sites (tertiary alicyclic amines) is 1. The summed E-state index contributed by atoms with van der Waals surface area (Å²) >= 11 is 6.28. The quantitative estimate of drug-likeness (QED) is 0.291. The molecular formula is C34H44ClNO. The first-order chi connectivity index (χ1) is 18.2. The molecule has 37 heavy (non-hydrogen) atoms. The van der Waals surface area contributed by atoms with Crippen LogP contribution in [0.4, 0.5) is 0 Å². The van der Waals surface area contributed by atoms with Gasteiger partial charge in [-0.3, -0.25) is 0 Å². The number of piperidine rings is 1. The molecule has 0 aromatic heterocycles. The molecule has 0 radical (unpaired) electrons. The molecule has 0 atom stereocenters. The zero-order chi connectivity index (χ0) is 25.0. The van der Waals surface area contributed by atoms with E-state index in [-0.39, 0.29) is 0 Å². The Labute approximate surface area is 229 Å². The Bertz CT molecular complexity index is 1020. The second-order valence-corrected chi connectivity index (χ2v) is 12.8. The number of nitrogens with zero attached hydrogens (tertiary/aromatic N) is 1. The molecule has 5 aliphatic rings. The number of hydrogen-bond acceptors (Lipinski definition) is 2. The van der Waals surface area contributed by atoms with E-state index in [0.29, 0.717) is 0 Å². The molecule has 1 aliphatic heterocycles. The van der Waals surface area contributed by atoms with Crippen LogP contribution in [-0.4, -0.2) is 31.1 Å². The van der Waals surface area contributed by atoms with Crippen molar-refractivity contribution in [1.82, 2.24) is 4.90 Å². The van der Waals surface area contributed by atoms with E-state index in [4.69, 9.17) is 16.3 Å². The topological polar surface area (TPSA) is 12.5 Å². The standard InChI is InChI=1S/C34H44ClNO/c35-31-12-8-27(9-13-31)33(34-29-21-25-20-26(23-29)24-30(34)22-25)28-10-14-32(15-11-28)37-19-7-2-1-4-16-36-17-5-3-6-18-36/h8-15,25-26,29-30H,1-7,16-24H2/t25-,26+,29+,30?. The molecule has 5 fully saturated rings. The molecule has 3 heteroatoms. The van der Waals surface area contributed by atoms with Crippen molar-refractivity contribution in [2.24, 2.45) is 23.7 Å². The van der Waals surface area contributed by atoms with E-state index in [1.807, 2.05) is 0 Å². The normalized spacial score (nSPS) is 27.0. The van der Waals surface area contributed by atoms with Gasteiger partial charge in [-0.1, -0.05) is 60.7 Å². The summed E-state index contributed by atoms with van der Waals surface area (Å²) < 4.78 is 6.15. The zero-order valence-electron chi connectivity index (χ0n) is 22.5. The van der Waals surface area contributed by atoms with E-state index in [2.05, 4.69) is 53.4 Å². The SMILES string of the molecule is Clc1ccc(C(c2ccc(OCCCCCCN3CCCCC3)cc2)=C2C3C[C@H]4C[C@@H](C3)C[C@H]2C4)cc1. The summed E-state index contributed by atoms with van der Waals surface area (Å²) in [6, 6.07) is 17.5. The first-order valence-corrected chi connectivity index (χ1v) is 15.6. The molecule has 1 heterocycles. The fraction of sp³-hybridized carbons (Fsp3) is 0.588. The summed E-state index contributed by atoms with van der Waals surface area (Å²) in [4.78, 5) is 2.65. The van der Waals surface area contributed by atoms with E-state index in [1.165, 1.54) is 107 Å². The van der Waals surface area contributed by atoms with Crippen molar-refractivity contribution in [3.05, 3.63) is 70.3 Å². The molecule has 7 rings (SSSR count). The summed E-state index contributed by atoms with van der Waals surface area (Å²) in [6.07, 6.45) is 16.4. The van der Waals surface area contributed by atoms with E-state index in [9.17, 15) is 0 Å². The molecular weight excluding hydrogens is 474 g/mol. The van der Waals surface area contributed by atoms with Crippen LogP contribution in [0.1, 0.15) is 88.2 Å². The van der Waals surface area contributed by atoms with Crippen LogP contribution in [0.15, 0.2) is 54.1 Å². The number of rotatable bonds is 10. The van der Waals surface area contributed by atoms with Gasteiger partial charge in [0.1, 0.15) is 5.75 Å². The minimum atomic E-state index is 0.771. The first-order valence-electron chi connectivity index (χ1n) is 15.2. The fourth-order valence-electron chi connectivity index (χ4n) is 8.10. The van der Waals surface area contributed by atoms with Gasteiger partial charge in [0.25, 0.3) is 0 Å². The van der Waals surface area contributed by atoms with Gasteiger partial charge in [-0.05, 0) is 142 Å².